The van der Waals surface area contributed by atoms with E-state index in [1.807, 2.05) is 0 Å². The monoisotopic (exact) mass is 633 g/mol. The van der Waals surface area contributed by atoms with Gasteiger partial charge in [-0.05, 0) is 42.3 Å². The van der Waals surface area contributed by atoms with Crippen molar-refractivity contribution in [2.75, 3.05) is 6.61 Å². The lowest BCUT2D eigenvalue weighted by atomic mass is 9.96. The van der Waals surface area contributed by atoms with Gasteiger partial charge in [0.25, 0.3) is 0 Å². The Morgan fingerprint density at radius 2 is 1.64 bits per heavy atom. The van der Waals surface area contributed by atoms with Gasteiger partial charge in [-0.25, -0.2) is 14.4 Å². The van der Waals surface area contributed by atoms with E-state index in [0.717, 1.165) is 11.8 Å². The Bertz CT molecular complexity index is 1520. The third-order valence-corrected chi connectivity index (χ3v) is 7.92. The smallest absolute Gasteiger partial charge is 0.167 e. The average molecular weight is 636 g/mol. The Morgan fingerprint density at radius 1 is 1.00 bits per heavy atom. The summed E-state index contributed by atoms with van der Waals surface area (Å²) >= 11 is 30.7. The standard InChI is InChI=1S/C26H21Cl5FN3O4/c1-26(36)23(38-10-14-3-5-16(28)7-18(14)30)20(11-37-9-13-2-4-15(27)6-17(13)29)39-25(26)35-12-34-21-22(35)19(32)8-33-24(21)31/h2-8,12,20,23,25,36H,9-11H2,1H3. The van der Waals surface area contributed by atoms with E-state index < -0.39 is 29.9 Å². The molecule has 1 aliphatic rings. The highest BCUT2D eigenvalue weighted by molar-refractivity contribution is 6.35. The van der Waals surface area contributed by atoms with Gasteiger partial charge in [0, 0.05) is 20.1 Å². The van der Waals surface area contributed by atoms with E-state index in [-0.39, 0.29) is 36.0 Å². The lowest BCUT2D eigenvalue weighted by molar-refractivity contribution is -0.114. The number of imidazole rings is 1. The molecule has 0 radical (unpaired) electrons. The Labute approximate surface area is 248 Å². The molecule has 0 spiro atoms. The van der Waals surface area contributed by atoms with Crippen LogP contribution in [0.1, 0.15) is 24.3 Å². The van der Waals surface area contributed by atoms with E-state index in [0.29, 0.717) is 25.7 Å². The summed E-state index contributed by atoms with van der Waals surface area (Å²) in [5.41, 5.74) is -0.115. The molecule has 1 N–H and O–H groups in total. The van der Waals surface area contributed by atoms with E-state index in [4.69, 9.17) is 72.2 Å². The van der Waals surface area contributed by atoms with Crippen molar-refractivity contribution in [1.29, 1.82) is 0 Å². The molecule has 2 aromatic heterocycles. The Hall–Kier alpha value is -1.72. The van der Waals surface area contributed by atoms with Crippen molar-refractivity contribution in [2.45, 2.75) is 44.2 Å². The van der Waals surface area contributed by atoms with Crippen LogP contribution < -0.4 is 0 Å². The second-order valence-electron chi connectivity index (χ2n) is 9.22. The third-order valence-electron chi connectivity index (χ3n) is 6.46. The number of aliphatic hydroxyl groups is 1. The number of aromatic nitrogens is 3. The van der Waals surface area contributed by atoms with Gasteiger partial charge in [0.05, 0.1) is 32.3 Å². The maximum Gasteiger partial charge on any atom is 0.167 e. The van der Waals surface area contributed by atoms with Gasteiger partial charge < -0.3 is 19.3 Å². The van der Waals surface area contributed by atoms with Gasteiger partial charge >= 0.3 is 0 Å². The minimum Gasteiger partial charge on any atom is -0.383 e. The van der Waals surface area contributed by atoms with Crippen LogP contribution >= 0.6 is 58.0 Å². The van der Waals surface area contributed by atoms with Crippen LogP contribution in [0.25, 0.3) is 11.0 Å². The molecule has 0 amide bonds. The number of hydrogen-bond acceptors (Lipinski definition) is 6. The first-order valence-electron chi connectivity index (χ1n) is 11.7. The summed E-state index contributed by atoms with van der Waals surface area (Å²) in [4.78, 5) is 7.98. The summed E-state index contributed by atoms with van der Waals surface area (Å²) < 4.78 is 34.6. The van der Waals surface area contributed by atoms with Gasteiger partial charge in [0.2, 0.25) is 0 Å². The van der Waals surface area contributed by atoms with Gasteiger partial charge in [-0.2, -0.15) is 0 Å². The van der Waals surface area contributed by atoms with Crippen LogP contribution in [0.5, 0.6) is 0 Å². The Morgan fingerprint density at radius 3 is 2.28 bits per heavy atom. The lowest BCUT2D eigenvalue weighted by Crippen LogP contribution is -2.46. The van der Waals surface area contributed by atoms with Crippen LogP contribution in [-0.2, 0) is 27.4 Å². The molecule has 39 heavy (non-hydrogen) atoms. The first-order chi connectivity index (χ1) is 18.6. The topological polar surface area (TPSA) is 78.6 Å². The number of benzene rings is 2. The summed E-state index contributed by atoms with van der Waals surface area (Å²) in [5.74, 6) is -0.672. The zero-order valence-corrected chi connectivity index (χ0v) is 24.0. The minimum atomic E-state index is -1.67. The van der Waals surface area contributed by atoms with E-state index in [1.165, 1.54) is 17.8 Å². The van der Waals surface area contributed by atoms with Crippen LogP contribution in [0.2, 0.25) is 25.2 Å². The van der Waals surface area contributed by atoms with Crippen LogP contribution in [0.15, 0.2) is 48.9 Å². The second kappa shape index (κ2) is 11.6. The maximum absolute atomic E-state index is 14.8. The summed E-state index contributed by atoms with van der Waals surface area (Å²) in [5, 5.41) is 13.6. The zero-order valence-electron chi connectivity index (χ0n) is 20.3. The van der Waals surface area contributed by atoms with Crippen molar-refractivity contribution in [2.24, 2.45) is 0 Å². The molecule has 4 aromatic rings. The number of rotatable bonds is 8. The largest absolute Gasteiger partial charge is 0.383 e. The first-order valence-corrected chi connectivity index (χ1v) is 13.6. The fraction of sp³-hybridized carbons (Fsp3) is 0.308. The number of halogens is 6. The van der Waals surface area contributed by atoms with Crippen molar-refractivity contribution in [3.05, 3.63) is 91.1 Å². The number of nitrogens with zero attached hydrogens (tertiary/aromatic N) is 3. The highest BCUT2D eigenvalue weighted by Crippen LogP contribution is 2.43. The Balaban J connectivity index is 1.42. The zero-order chi connectivity index (χ0) is 27.9. The van der Waals surface area contributed by atoms with Crippen molar-refractivity contribution in [3.8, 4) is 0 Å². The van der Waals surface area contributed by atoms with E-state index in [1.54, 1.807) is 36.4 Å². The fourth-order valence-corrected chi connectivity index (χ4v) is 5.66. The van der Waals surface area contributed by atoms with Crippen molar-refractivity contribution >= 4 is 69.0 Å². The summed E-state index contributed by atoms with van der Waals surface area (Å²) in [6.07, 6.45) is -0.481. The molecular formula is C26H21Cl5FN3O4. The Kier molecular flexibility index (Phi) is 8.60. The van der Waals surface area contributed by atoms with Crippen molar-refractivity contribution in [1.82, 2.24) is 14.5 Å². The van der Waals surface area contributed by atoms with E-state index in [9.17, 15) is 9.50 Å². The van der Waals surface area contributed by atoms with Crippen LogP contribution in [0.4, 0.5) is 4.39 Å². The second-order valence-corrected chi connectivity index (χ2v) is 11.3. The summed E-state index contributed by atoms with van der Waals surface area (Å²) in [6.45, 7) is 1.75. The molecule has 4 atom stereocenters. The van der Waals surface area contributed by atoms with Crippen molar-refractivity contribution in [3.63, 3.8) is 0 Å². The van der Waals surface area contributed by atoms with Crippen LogP contribution in [-0.4, -0.2) is 44.1 Å². The molecule has 1 saturated heterocycles. The molecule has 0 bridgehead atoms. The van der Waals surface area contributed by atoms with Crippen LogP contribution in [0.3, 0.4) is 0 Å². The average Bonchev–Trinajstić information content (AvgIpc) is 3.42. The molecule has 3 heterocycles. The predicted molar refractivity (Wildman–Crippen MR) is 148 cm³/mol. The molecular weight excluding hydrogens is 615 g/mol. The number of fused-ring (bicyclic) bond motifs is 1. The fourth-order valence-electron chi connectivity index (χ4n) is 4.55. The maximum atomic E-state index is 14.8. The molecule has 206 valence electrons. The summed E-state index contributed by atoms with van der Waals surface area (Å²) in [7, 11) is 0. The molecule has 7 nitrogen and oxygen atoms in total. The third kappa shape index (κ3) is 5.86. The molecule has 1 fully saturated rings. The highest BCUT2D eigenvalue weighted by Gasteiger charge is 2.55. The first kappa shape index (κ1) is 28.8. The number of pyridine rings is 1. The summed E-state index contributed by atoms with van der Waals surface area (Å²) in [6, 6.07) is 10.1. The molecule has 4 unspecified atom stereocenters. The molecule has 2 aromatic carbocycles. The SMILES string of the molecule is CC1(O)C(OCc2ccc(Cl)cc2Cl)C(COCc2ccc(Cl)cc2Cl)OC1n1cnc2c(Cl)ncc(F)c21. The van der Waals surface area contributed by atoms with Gasteiger partial charge in [0.1, 0.15) is 28.8 Å². The minimum absolute atomic E-state index is 0.0159. The predicted octanol–water partition coefficient (Wildman–Crippen LogP) is 7.29. The van der Waals surface area contributed by atoms with E-state index >= 15 is 0 Å². The lowest BCUT2D eigenvalue weighted by Gasteiger charge is -2.30. The molecule has 0 saturated carbocycles. The quantitative estimate of drug-likeness (QED) is 0.205. The molecule has 5 rings (SSSR count). The van der Waals surface area contributed by atoms with Gasteiger partial charge in [-0.1, -0.05) is 70.1 Å². The number of hydrogen-bond donors (Lipinski definition) is 1. The van der Waals surface area contributed by atoms with Crippen molar-refractivity contribution < 1.29 is 23.7 Å². The molecule has 13 heteroatoms. The van der Waals surface area contributed by atoms with Gasteiger partial charge in [0.15, 0.2) is 17.2 Å². The highest BCUT2D eigenvalue weighted by atomic mass is 35.5. The molecule has 0 aliphatic carbocycles. The normalized spacial score (nSPS) is 23.1. The van der Waals surface area contributed by atoms with Gasteiger partial charge in [-0.3, -0.25) is 4.57 Å². The van der Waals surface area contributed by atoms with Crippen LogP contribution in [0, 0.1) is 5.82 Å². The van der Waals surface area contributed by atoms with E-state index in [2.05, 4.69) is 9.97 Å². The molecule has 1 aliphatic heterocycles. The van der Waals surface area contributed by atoms with Gasteiger partial charge in [-0.15, -0.1) is 0 Å². The number of ether oxygens (including phenoxy) is 3.